The van der Waals surface area contributed by atoms with Gasteiger partial charge in [-0.25, -0.2) is 13.8 Å². The molecule has 4 atom stereocenters. The summed E-state index contributed by atoms with van der Waals surface area (Å²) in [6.45, 7) is 3.08. The molecule has 126 valence electrons. The summed E-state index contributed by atoms with van der Waals surface area (Å²) in [5.41, 5.74) is 3.25. The number of fused-ring (bicyclic) bond motifs is 1. The number of hydrogen-bond acceptors (Lipinski definition) is 6. The number of nitrogens with one attached hydrogen (secondary N) is 1. The van der Waals surface area contributed by atoms with E-state index in [1.807, 2.05) is 0 Å². The van der Waals surface area contributed by atoms with E-state index >= 15 is 0 Å². The van der Waals surface area contributed by atoms with Crippen LogP contribution in [-0.4, -0.2) is 42.8 Å². The fourth-order valence-electron chi connectivity index (χ4n) is 3.10. The van der Waals surface area contributed by atoms with Crippen LogP contribution in [0.3, 0.4) is 0 Å². The van der Waals surface area contributed by atoms with Crippen LogP contribution < -0.4 is 11.3 Å². The maximum Gasteiger partial charge on any atom is 0.280 e. The highest BCUT2D eigenvalue weighted by molar-refractivity contribution is 5.70. The number of aromatic nitrogens is 4. The zero-order valence-corrected chi connectivity index (χ0v) is 12.5. The van der Waals surface area contributed by atoms with E-state index in [0.717, 1.165) is 0 Å². The van der Waals surface area contributed by atoms with Crippen molar-refractivity contribution in [3.63, 3.8) is 0 Å². The van der Waals surface area contributed by atoms with Crippen molar-refractivity contribution in [3.05, 3.63) is 16.7 Å². The number of nitrogens with zero attached hydrogens (tertiary/aromatic N) is 3. The number of hydrogen-bond donors (Lipinski definition) is 3. The van der Waals surface area contributed by atoms with E-state index in [0.29, 0.717) is 0 Å². The lowest BCUT2D eigenvalue weighted by Crippen LogP contribution is -2.43. The van der Waals surface area contributed by atoms with E-state index in [9.17, 15) is 18.7 Å². The lowest BCUT2D eigenvalue weighted by atomic mass is 9.85. The van der Waals surface area contributed by atoms with Crippen molar-refractivity contribution in [2.75, 3.05) is 5.73 Å². The van der Waals surface area contributed by atoms with Crippen LogP contribution in [-0.2, 0) is 4.74 Å². The van der Waals surface area contributed by atoms with Gasteiger partial charge in [-0.1, -0.05) is 13.8 Å². The molecular formula is C13H17F2N5O3. The minimum atomic E-state index is -2.77. The Bertz CT molecular complexity index is 791. The molecule has 8 nitrogen and oxygen atoms in total. The number of alkyl halides is 2. The molecule has 0 radical (unpaired) electrons. The maximum atomic E-state index is 13.5. The molecule has 3 heterocycles. The summed E-state index contributed by atoms with van der Waals surface area (Å²) in [5, 5.41) is 10.4. The van der Waals surface area contributed by atoms with Gasteiger partial charge in [0, 0.05) is 5.92 Å². The lowest BCUT2D eigenvalue weighted by Gasteiger charge is -2.30. The molecule has 0 aliphatic carbocycles. The van der Waals surface area contributed by atoms with E-state index in [-0.39, 0.29) is 23.5 Å². The predicted octanol–water partition coefficient (Wildman–Crippen LogP) is 0.641. The lowest BCUT2D eigenvalue weighted by molar-refractivity contribution is -0.164. The molecule has 0 amide bonds. The first-order valence-corrected chi connectivity index (χ1v) is 7.18. The van der Waals surface area contributed by atoms with Gasteiger partial charge in [0.2, 0.25) is 5.95 Å². The Morgan fingerprint density at radius 2 is 2.30 bits per heavy atom. The standard InChI is InChI=1S/C13H17F2N5O3/c1-3-13(11(14)15)5(2)7(21)10(23-13)20-4-17-6-8(20)18-12(16)19-9(6)22/h4-5,7,10-11,21H,3H2,1-2H3,(H3,16,18,19,22)/t5-,7+,10+,13+/m0/s1. The highest BCUT2D eigenvalue weighted by Crippen LogP contribution is 2.47. The number of anilines is 1. The molecule has 0 spiro atoms. The highest BCUT2D eigenvalue weighted by Gasteiger charge is 2.57. The summed E-state index contributed by atoms with van der Waals surface area (Å²) in [5.74, 6) is -0.949. The zero-order chi connectivity index (χ0) is 16.9. The zero-order valence-electron chi connectivity index (χ0n) is 12.5. The molecule has 1 saturated heterocycles. The predicted molar refractivity (Wildman–Crippen MR) is 76.9 cm³/mol. The fourth-order valence-corrected chi connectivity index (χ4v) is 3.10. The molecule has 1 aliphatic rings. The summed E-state index contributed by atoms with van der Waals surface area (Å²) < 4.78 is 33.9. The van der Waals surface area contributed by atoms with Crippen LogP contribution in [0.4, 0.5) is 14.7 Å². The number of aliphatic hydroxyl groups excluding tert-OH is 1. The van der Waals surface area contributed by atoms with Crippen molar-refractivity contribution in [3.8, 4) is 0 Å². The van der Waals surface area contributed by atoms with Gasteiger partial charge >= 0.3 is 0 Å². The summed E-state index contributed by atoms with van der Waals surface area (Å²) >= 11 is 0. The van der Waals surface area contributed by atoms with E-state index in [4.69, 9.17) is 10.5 Å². The Morgan fingerprint density at radius 3 is 2.87 bits per heavy atom. The Hall–Kier alpha value is -2.07. The number of nitrogen functional groups attached to an aromatic ring is 1. The van der Waals surface area contributed by atoms with Gasteiger partial charge in [-0.2, -0.15) is 4.98 Å². The minimum Gasteiger partial charge on any atom is -0.388 e. The average Bonchev–Trinajstić information content (AvgIpc) is 3.01. The molecule has 3 rings (SSSR count). The quantitative estimate of drug-likeness (QED) is 0.760. The Morgan fingerprint density at radius 1 is 1.61 bits per heavy atom. The number of H-pyrrole nitrogens is 1. The summed E-state index contributed by atoms with van der Waals surface area (Å²) in [7, 11) is 0. The number of nitrogens with two attached hydrogens (primary N) is 1. The molecule has 0 bridgehead atoms. The number of aliphatic hydroxyl groups is 1. The van der Waals surface area contributed by atoms with Gasteiger partial charge in [-0.15, -0.1) is 0 Å². The highest BCUT2D eigenvalue weighted by atomic mass is 19.3. The van der Waals surface area contributed by atoms with E-state index in [1.165, 1.54) is 17.8 Å². The van der Waals surface area contributed by atoms with E-state index in [1.54, 1.807) is 6.92 Å². The van der Waals surface area contributed by atoms with Crippen LogP contribution in [0.25, 0.3) is 11.2 Å². The number of ether oxygens (including phenoxy) is 1. The molecule has 2 aromatic heterocycles. The van der Waals surface area contributed by atoms with E-state index in [2.05, 4.69) is 15.0 Å². The Labute approximate surface area is 129 Å². The average molecular weight is 329 g/mol. The molecule has 2 aromatic rings. The van der Waals surface area contributed by atoms with Gasteiger partial charge in [-0.3, -0.25) is 14.3 Å². The summed E-state index contributed by atoms with van der Waals surface area (Å²) in [4.78, 5) is 22.0. The third-order valence-corrected chi connectivity index (χ3v) is 4.56. The van der Waals surface area contributed by atoms with Crippen molar-refractivity contribution < 1.29 is 18.6 Å². The van der Waals surface area contributed by atoms with Crippen molar-refractivity contribution in [1.29, 1.82) is 0 Å². The van der Waals surface area contributed by atoms with Crippen molar-refractivity contribution in [2.45, 2.75) is 44.6 Å². The fraction of sp³-hybridized carbons (Fsp3) is 0.615. The van der Waals surface area contributed by atoms with Crippen molar-refractivity contribution >= 4 is 17.1 Å². The molecule has 23 heavy (non-hydrogen) atoms. The summed E-state index contributed by atoms with van der Waals surface area (Å²) in [6.07, 6.45) is -3.84. The maximum absolute atomic E-state index is 13.5. The number of rotatable bonds is 3. The van der Waals surface area contributed by atoms with Crippen molar-refractivity contribution in [1.82, 2.24) is 19.5 Å². The molecule has 1 fully saturated rings. The summed E-state index contributed by atoms with van der Waals surface area (Å²) in [6, 6.07) is 0. The van der Waals surface area contributed by atoms with Crippen LogP contribution in [0, 0.1) is 5.92 Å². The SMILES string of the molecule is CC[C@@]1(C(F)F)O[C@@H](n2cnc3c(=O)[nH]c(N)nc32)[C@H](O)[C@@H]1C. The second-order valence-corrected chi connectivity index (χ2v) is 5.67. The third kappa shape index (κ3) is 2.12. The molecule has 4 N–H and O–H groups in total. The van der Waals surface area contributed by atoms with Crippen LogP contribution in [0.15, 0.2) is 11.1 Å². The van der Waals surface area contributed by atoms with Gasteiger partial charge in [0.05, 0.1) is 6.33 Å². The van der Waals surface area contributed by atoms with E-state index < -0.39 is 35.8 Å². The number of aromatic amines is 1. The molecule has 0 aromatic carbocycles. The van der Waals surface area contributed by atoms with Gasteiger partial charge < -0.3 is 15.6 Å². The number of imidazole rings is 1. The van der Waals surface area contributed by atoms with Gasteiger partial charge in [0.1, 0.15) is 11.7 Å². The first-order valence-electron chi connectivity index (χ1n) is 7.18. The molecule has 0 unspecified atom stereocenters. The smallest absolute Gasteiger partial charge is 0.280 e. The first kappa shape index (κ1) is 15.8. The van der Waals surface area contributed by atoms with Crippen molar-refractivity contribution in [2.24, 2.45) is 5.92 Å². The van der Waals surface area contributed by atoms with Crippen LogP contribution >= 0.6 is 0 Å². The Kier molecular flexibility index (Phi) is 3.60. The second-order valence-electron chi connectivity index (χ2n) is 5.67. The monoisotopic (exact) mass is 329 g/mol. The van der Waals surface area contributed by atoms with Crippen LogP contribution in [0.1, 0.15) is 26.5 Å². The second kappa shape index (κ2) is 5.24. The van der Waals surface area contributed by atoms with Gasteiger partial charge in [0.25, 0.3) is 12.0 Å². The largest absolute Gasteiger partial charge is 0.388 e. The van der Waals surface area contributed by atoms with Gasteiger partial charge in [0.15, 0.2) is 17.4 Å². The topological polar surface area (TPSA) is 119 Å². The normalized spacial score (nSPS) is 31.3. The van der Waals surface area contributed by atoms with Crippen LogP contribution in [0.5, 0.6) is 0 Å². The molecule has 1 aliphatic heterocycles. The first-order chi connectivity index (χ1) is 10.8. The molecule has 10 heteroatoms. The molecular weight excluding hydrogens is 312 g/mol. The number of halogens is 2. The van der Waals surface area contributed by atoms with Gasteiger partial charge in [-0.05, 0) is 6.42 Å². The minimum absolute atomic E-state index is 0.00583. The third-order valence-electron chi connectivity index (χ3n) is 4.56. The molecule has 0 saturated carbocycles. The van der Waals surface area contributed by atoms with Crippen LogP contribution in [0.2, 0.25) is 0 Å². The Balaban J connectivity index is 2.11.